The highest BCUT2D eigenvalue weighted by Gasteiger charge is 2.30. The molecule has 0 fully saturated rings. The van der Waals surface area contributed by atoms with E-state index in [0.717, 1.165) is 5.56 Å². The van der Waals surface area contributed by atoms with Crippen LogP contribution in [0.5, 0.6) is 11.5 Å². The molecule has 31 heavy (non-hydrogen) atoms. The van der Waals surface area contributed by atoms with Gasteiger partial charge in [0.1, 0.15) is 17.2 Å². The number of Topliss-reactive ketones (excluding diaryl/α,β-unsaturated/α-hetero) is 1. The summed E-state index contributed by atoms with van der Waals surface area (Å²) in [4.78, 5) is 17.5. The summed E-state index contributed by atoms with van der Waals surface area (Å²) in [5.74, 6) is 1.15. The quantitative estimate of drug-likeness (QED) is 0.391. The Labute approximate surface area is 181 Å². The average Bonchev–Trinajstić information content (AvgIpc) is 2.77. The SMILES string of the molecule is CC(=Nc1ccccc1Oc1ccc(N)cc1)C1=C(O)CC(c2ccccc2)CC1=O. The number of aliphatic hydroxyl groups is 1. The van der Waals surface area contributed by atoms with Gasteiger partial charge in [-0.3, -0.25) is 4.79 Å². The maximum absolute atomic E-state index is 12.9. The van der Waals surface area contributed by atoms with Gasteiger partial charge in [-0.05, 0) is 54.8 Å². The molecule has 0 saturated heterocycles. The number of anilines is 1. The molecule has 0 radical (unpaired) electrons. The minimum atomic E-state index is -0.101. The van der Waals surface area contributed by atoms with Crippen LogP contribution in [0.3, 0.4) is 0 Å². The van der Waals surface area contributed by atoms with Gasteiger partial charge in [-0.25, -0.2) is 4.99 Å². The molecular weight excluding hydrogens is 388 g/mol. The van der Waals surface area contributed by atoms with Crippen molar-refractivity contribution in [3.05, 3.63) is 95.8 Å². The van der Waals surface area contributed by atoms with Gasteiger partial charge in [-0.1, -0.05) is 42.5 Å². The summed E-state index contributed by atoms with van der Waals surface area (Å²) >= 11 is 0. The molecule has 0 aromatic heterocycles. The van der Waals surface area contributed by atoms with Crippen molar-refractivity contribution in [1.29, 1.82) is 0 Å². The first kappa shape index (κ1) is 20.4. The van der Waals surface area contributed by atoms with E-state index in [1.54, 1.807) is 31.2 Å². The topological polar surface area (TPSA) is 84.9 Å². The number of hydrogen-bond donors (Lipinski definition) is 2. The van der Waals surface area contributed by atoms with Gasteiger partial charge in [0.15, 0.2) is 11.5 Å². The summed E-state index contributed by atoms with van der Waals surface area (Å²) < 4.78 is 5.96. The fourth-order valence-electron chi connectivity index (χ4n) is 3.80. The molecule has 0 aliphatic heterocycles. The first-order valence-corrected chi connectivity index (χ1v) is 10.2. The van der Waals surface area contributed by atoms with Gasteiger partial charge in [-0.2, -0.15) is 0 Å². The highest BCUT2D eigenvalue weighted by molar-refractivity contribution is 6.23. The molecule has 0 amide bonds. The zero-order valence-corrected chi connectivity index (χ0v) is 17.3. The number of aliphatic hydroxyl groups excluding tert-OH is 1. The van der Waals surface area contributed by atoms with E-state index in [0.29, 0.717) is 47.0 Å². The summed E-state index contributed by atoms with van der Waals surface area (Å²) in [6, 6.07) is 24.2. The summed E-state index contributed by atoms with van der Waals surface area (Å²) in [6.45, 7) is 1.74. The lowest BCUT2D eigenvalue weighted by Gasteiger charge is -2.23. The maximum Gasteiger partial charge on any atom is 0.168 e. The van der Waals surface area contributed by atoms with E-state index in [1.165, 1.54) is 0 Å². The van der Waals surface area contributed by atoms with Crippen LogP contribution in [0, 0.1) is 0 Å². The van der Waals surface area contributed by atoms with Crippen molar-refractivity contribution in [3.8, 4) is 11.5 Å². The largest absolute Gasteiger partial charge is 0.511 e. The molecule has 0 spiro atoms. The molecule has 0 saturated carbocycles. The van der Waals surface area contributed by atoms with Crippen LogP contribution in [0.25, 0.3) is 0 Å². The second-order valence-electron chi connectivity index (χ2n) is 7.60. The molecule has 0 heterocycles. The Kier molecular flexibility index (Phi) is 5.85. The molecule has 0 bridgehead atoms. The Morgan fingerprint density at radius 2 is 1.65 bits per heavy atom. The van der Waals surface area contributed by atoms with Gasteiger partial charge in [-0.15, -0.1) is 0 Å². The minimum absolute atomic E-state index is 0.0219. The van der Waals surface area contributed by atoms with Gasteiger partial charge in [0.25, 0.3) is 0 Å². The van der Waals surface area contributed by atoms with Gasteiger partial charge in [0.05, 0.1) is 11.3 Å². The van der Waals surface area contributed by atoms with E-state index in [9.17, 15) is 9.90 Å². The fourth-order valence-corrected chi connectivity index (χ4v) is 3.80. The zero-order valence-electron chi connectivity index (χ0n) is 17.3. The second kappa shape index (κ2) is 8.88. The standard InChI is InChI=1S/C26H24N2O3/c1-17(26-23(29)15-19(16-24(26)30)18-7-3-2-4-8-18)28-22-9-5-6-10-25(22)31-21-13-11-20(27)12-14-21/h2-14,19,29H,15-16,27H2,1H3. The number of carbonyl (C=O) groups excluding carboxylic acids is 1. The van der Waals surface area contributed by atoms with Gasteiger partial charge in [0, 0.05) is 18.5 Å². The van der Waals surface area contributed by atoms with Crippen molar-refractivity contribution >= 4 is 22.9 Å². The molecule has 3 N–H and O–H groups in total. The van der Waals surface area contributed by atoms with Crippen LogP contribution < -0.4 is 10.5 Å². The summed E-state index contributed by atoms with van der Waals surface area (Å²) in [5.41, 5.74) is 8.80. The molecule has 5 nitrogen and oxygen atoms in total. The Hall–Kier alpha value is -3.86. The monoisotopic (exact) mass is 412 g/mol. The lowest BCUT2D eigenvalue weighted by molar-refractivity contribution is -0.116. The molecule has 156 valence electrons. The van der Waals surface area contributed by atoms with E-state index in [1.807, 2.05) is 54.6 Å². The van der Waals surface area contributed by atoms with Gasteiger partial charge in [0.2, 0.25) is 0 Å². The third-order valence-corrected chi connectivity index (χ3v) is 5.33. The fraction of sp³-hybridized carbons (Fsp3) is 0.154. The lowest BCUT2D eigenvalue weighted by Crippen LogP contribution is -2.22. The van der Waals surface area contributed by atoms with Crippen LogP contribution in [0.4, 0.5) is 11.4 Å². The number of benzene rings is 3. The molecule has 1 atom stereocenters. The third kappa shape index (κ3) is 4.67. The van der Waals surface area contributed by atoms with Crippen molar-refractivity contribution in [2.45, 2.75) is 25.7 Å². The highest BCUT2D eigenvalue weighted by atomic mass is 16.5. The van der Waals surface area contributed by atoms with Gasteiger partial charge >= 0.3 is 0 Å². The van der Waals surface area contributed by atoms with E-state index in [2.05, 4.69) is 4.99 Å². The predicted octanol–water partition coefficient (Wildman–Crippen LogP) is 6.11. The third-order valence-electron chi connectivity index (χ3n) is 5.33. The molecule has 4 rings (SSSR count). The Bertz CT molecular complexity index is 1150. The number of hydrogen-bond acceptors (Lipinski definition) is 5. The van der Waals surface area contributed by atoms with E-state index in [-0.39, 0.29) is 17.5 Å². The van der Waals surface area contributed by atoms with Crippen molar-refractivity contribution in [1.82, 2.24) is 0 Å². The number of nitrogen functional groups attached to an aromatic ring is 1. The van der Waals surface area contributed by atoms with Crippen molar-refractivity contribution < 1.29 is 14.6 Å². The van der Waals surface area contributed by atoms with Crippen LogP contribution in [-0.2, 0) is 4.79 Å². The van der Waals surface area contributed by atoms with E-state index < -0.39 is 0 Å². The summed E-state index contributed by atoms with van der Waals surface area (Å²) in [5, 5.41) is 10.7. The lowest BCUT2D eigenvalue weighted by atomic mass is 9.81. The van der Waals surface area contributed by atoms with E-state index >= 15 is 0 Å². The normalized spacial score (nSPS) is 17.0. The van der Waals surface area contributed by atoms with Crippen LogP contribution >= 0.6 is 0 Å². The van der Waals surface area contributed by atoms with Gasteiger partial charge < -0.3 is 15.6 Å². The number of carbonyl (C=O) groups is 1. The number of ether oxygens (including phenoxy) is 1. The molecule has 5 heteroatoms. The number of nitrogens with two attached hydrogens (primary N) is 1. The average molecular weight is 412 g/mol. The van der Waals surface area contributed by atoms with Crippen LogP contribution in [-0.4, -0.2) is 16.6 Å². The number of rotatable bonds is 5. The number of para-hydroxylation sites is 2. The Morgan fingerprint density at radius 3 is 2.35 bits per heavy atom. The van der Waals surface area contributed by atoms with Crippen LogP contribution in [0.1, 0.15) is 31.2 Å². The van der Waals surface area contributed by atoms with Crippen LogP contribution in [0.2, 0.25) is 0 Å². The summed E-state index contributed by atoms with van der Waals surface area (Å²) in [6.07, 6.45) is 0.765. The maximum atomic E-state index is 12.9. The van der Waals surface area contributed by atoms with Crippen molar-refractivity contribution in [2.24, 2.45) is 4.99 Å². The number of ketones is 1. The summed E-state index contributed by atoms with van der Waals surface area (Å²) in [7, 11) is 0. The van der Waals surface area contributed by atoms with E-state index in [4.69, 9.17) is 10.5 Å². The minimum Gasteiger partial charge on any atom is -0.511 e. The number of allylic oxidation sites excluding steroid dienone is 2. The number of aliphatic imine (C=N–C) groups is 1. The molecule has 1 aliphatic carbocycles. The predicted molar refractivity (Wildman–Crippen MR) is 123 cm³/mol. The highest BCUT2D eigenvalue weighted by Crippen LogP contribution is 2.36. The Morgan fingerprint density at radius 1 is 0.968 bits per heavy atom. The molecule has 3 aromatic carbocycles. The van der Waals surface area contributed by atoms with Crippen molar-refractivity contribution in [3.63, 3.8) is 0 Å². The second-order valence-corrected chi connectivity index (χ2v) is 7.60. The smallest absolute Gasteiger partial charge is 0.168 e. The first-order valence-electron chi connectivity index (χ1n) is 10.2. The number of nitrogens with zero attached hydrogens (tertiary/aromatic N) is 1. The molecule has 1 aliphatic rings. The molecule has 3 aromatic rings. The molecular formula is C26H24N2O3. The Balaban J connectivity index is 1.61. The molecule has 1 unspecified atom stereocenters. The van der Waals surface area contributed by atoms with Crippen molar-refractivity contribution in [2.75, 3.05) is 5.73 Å². The van der Waals surface area contributed by atoms with Crippen LogP contribution in [0.15, 0.2) is 95.2 Å². The first-order chi connectivity index (χ1) is 15.0. The zero-order chi connectivity index (χ0) is 21.8.